The summed E-state index contributed by atoms with van der Waals surface area (Å²) in [6, 6.07) is 5.00. The Bertz CT molecular complexity index is 1690. The number of benzene rings is 2. The molecule has 1 aliphatic rings. The van der Waals surface area contributed by atoms with Crippen LogP contribution in [-0.4, -0.2) is 38.8 Å². The maximum atomic E-state index is 14.3. The molecule has 3 heterocycles. The molecule has 2 N–H and O–H groups in total. The van der Waals surface area contributed by atoms with Crippen LogP contribution in [-0.2, 0) is 24.3 Å². The normalized spacial score (nSPS) is 13.1. The molecular weight excluding hydrogens is 577 g/mol. The predicted octanol–water partition coefficient (Wildman–Crippen LogP) is 5.21. The summed E-state index contributed by atoms with van der Waals surface area (Å²) in [7, 11) is 0. The minimum absolute atomic E-state index is 0.0166. The van der Waals surface area contributed by atoms with E-state index in [1.54, 1.807) is 6.92 Å². The number of anilines is 2. The summed E-state index contributed by atoms with van der Waals surface area (Å²) in [6.45, 7) is 2.78. The number of urea groups is 1. The number of amides is 3. The zero-order valence-corrected chi connectivity index (χ0v) is 23.1. The van der Waals surface area contributed by atoms with Crippen molar-refractivity contribution in [2.75, 3.05) is 16.8 Å². The van der Waals surface area contributed by atoms with E-state index in [9.17, 15) is 27.6 Å². The summed E-state index contributed by atoms with van der Waals surface area (Å²) in [5, 5.41) is 5.51. The molecule has 2 aromatic heterocycles. The second-order valence-corrected chi connectivity index (χ2v) is 10.1. The van der Waals surface area contributed by atoms with Crippen LogP contribution in [0, 0.1) is 17.5 Å². The molecule has 0 saturated carbocycles. The first-order valence-electron chi connectivity index (χ1n) is 12.8. The fourth-order valence-electron chi connectivity index (χ4n) is 4.88. The van der Waals surface area contributed by atoms with Crippen molar-refractivity contribution < 1.29 is 32.0 Å². The van der Waals surface area contributed by atoms with Gasteiger partial charge in [0.05, 0.1) is 30.2 Å². The minimum Gasteiger partial charge on any atom is -0.451 e. The summed E-state index contributed by atoms with van der Waals surface area (Å²) in [6.07, 6.45) is 2.83. The zero-order valence-electron chi connectivity index (χ0n) is 22.4. The molecule has 0 spiro atoms. The highest BCUT2D eigenvalue weighted by Gasteiger charge is 2.32. The van der Waals surface area contributed by atoms with Crippen LogP contribution in [0.15, 0.2) is 47.4 Å². The number of carbonyl (C=O) groups excluding carboxylic acids is 3. The second kappa shape index (κ2) is 11.7. The SMILES string of the molecule is CC(=O)Cn1c(C(=O)NCc2cocn2)nc(NC(=O)N2CCc3cc(F)c(F)cc32)c1[C@@H](C)c1cc(F)ccc1Cl. The van der Waals surface area contributed by atoms with Crippen LogP contribution >= 0.6 is 11.6 Å². The van der Waals surface area contributed by atoms with Gasteiger partial charge in [0.1, 0.15) is 17.9 Å². The van der Waals surface area contributed by atoms with Crippen LogP contribution in [0.3, 0.4) is 0 Å². The Morgan fingerprint density at radius 1 is 1.14 bits per heavy atom. The number of nitrogens with one attached hydrogen (secondary N) is 2. The average molecular weight is 601 g/mol. The highest BCUT2D eigenvalue weighted by Crippen LogP contribution is 2.36. The molecule has 0 fully saturated rings. The standard InChI is InChI=1S/C28H24ClF3N6O4/c1-14(39)11-38-24(15(2)19-8-17(30)3-4-20(19)29)25(35-26(38)27(40)33-10-18-12-42-13-34-18)36-28(41)37-6-5-16-7-21(31)22(32)9-23(16)37/h3-4,7-9,12-13,15H,5-6,10-11H2,1-2H3,(H,33,40)(H,36,41)/t15-/m0/s1. The monoisotopic (exact) mass is 600 g/mol. The van der Waals surface area contributed by atoms with E-state index in [1.165, 1.54) is 47.2 Å². The first kappa shape index (κ1) is 28.9. The number of fused-ring (bicyclic) bond motifs is 1. The Labute approximate surface area is 242 Å². The number of ketones is 1. The fraction of sp³-hybridized carbons (Fsp3) is 0.250. The molecule has 0 bridgehead atoms. The van der Waals surface area contributed by atoms with Crippen molar-refractivity contribution in [3.05, 3.63) is 93.8 Å². The number of hydrogen-bond acceptors (Lipinski definition) is 6. The highest BCUT2D eigenvalue weighted by molar-refractivity contribution is 6.31. The lowest BCUT2D eigenvalue weighted by atomic mass is 9.97. The van der Waals surface area contributed by atoms with E-state index in [0.29, 0.717) is 16.8 Å². The van der Waals surface area contributed by atoms with Gasteiger partial charge in [-0.2, -0.15) is 0 Å². The Morgan fingerprint density at radius 2 is 1.90 bits per heavy atom. The van der Waals surface area contributed by atoms with E-state index in [0.717, 1.165) is 12.1 Å². The van der Waals surface area contributed by atoms with E-state index in [-0.39, 0.29) is 59.9 Å². The molecule has 0 aliphatic carbocycles. The second-order valence-electron chi connectivity index (χ2n) is 9.73. The van der Waals surface area contributed by atoms with Gasteiger partial charge < -0.3 is 14.3 Å². The van der Waals surface area contributed by atoms with E-state index < -0.39 is 35.3 Å². The van der Waals surface area contributed by atoms with Crippen molar-refractivity contribution in [2.45, 2.75) is 39.3 Å². The predicted molar refractivity (Wildman–Crippen MR) is 146 cm³/mol. The van der Waals surface area contributed by atoms with Crippen molar-refractivity contribution in [3.63, 3.8) is 0 Å². The van der Waals surface area contributed by atoms with Gasteiger partial charge in [-0.05, 0) is 48.7 Å². The van der Waals surface area contributed by atoms with Crippen LogP contribution < -0.4 is 15.5 Å². The third-order valence-electron chi connectivity index (χ3n) is 6.83. The quantitative estimate of drug-likeness (QED) is 0.286. The van der Waals surface area contributed by atoms with Crippen LogP contribution in [0.5, 0.6) is 0 Å². The fourth-order valence-corrected chi connectivity index (χ4v) is 5.16. The van der Waals surface area contributed by atoms with Crippen molar-refractivity contribution in [1.29, 1.82) is 0 Å². The maximum Gasteiger partial charge on any atom is 0.327 e. The van der Waals surface area contributed by atoms with Gasteiger partial charge in [0.25, 0.3) is 5.91 Å². The summed E-state index contributed by atoms with van der Waals surface area (Å²) >= 11 is 6.40. The maximum absolute atomic E-state index is 14.3. The zero-order chi connectivity index (χ0) is 30.1. The molecule has 1 aliphatic heterocycles. The smallest absolute Gasteiger partial charge is 0.327 e. The van der Waals surface area contributed by atoms with Crippen molar-refractivity contribution in [2.24, 2.45) is 0 Å². The number of aromatic nitrogens is 3. The lowest BCUT2D eigenvalue weighted by Crippen LogP contribution is -2.34. The molecule has 5 rings (SSSR count). The molecule has 218 valence electrons. The Morgan fingerprint density at radius 3 is 2.62 bits per heavy atom. The number of hydrogen-bond donors (Lipinski definition) is 2. The molecule has 2 aromatic carbocycles. The van der Waals surface area contributed by atoms with E-state index in [1.807, 2.05) is 0 Å². The first-order chi connectivity index (χ1) is 20.0. The topological polar surface area (TPSA) is 122 Å². The van der Waals surface area contributed by atoms with Crippen molar-refractivity contribution in [3.8, 4) is 0 Å². The van der Waals surface area contributed by atoms with E-state index >= 15 is 0 Å². The van der Waals surface area contributed by atoms with Gasteiger partial charge in [0, 0.05) is 23.6 Å². The molecule has 10 nitrogen and oxygen atoms in total. The number of oxazole rings is 1. The van der Waals surface area contributed by atoms with Gasteiger partial charge in [0.2, 0.25) is 5.82 Å². The molecule has 0 radical (unpaired) electrons. The van der Waals surface area contributed by atoms with Crippen LogP contribution in [0.2, 0.25) is 5.02 Å². The molecule has 42 heavy (non-hydrogen) atoms. The number of carbonyl (C=O) groups is 3. The summed E-state index contributed by atoms with van der Waals surface area (Å²) in [5.41, 5.74) is 1.57. The molecule has 3 amide bonds. The number of Topliss-reactive ketones (excluding diaryl/α,β-unsaturated/α-hetero) is 1. The molecule has 1 atom stereocenters. The van der Waals surface area contributed by atoms with Crippen LogP contribution in [0.25, 0.3) is 0 Å². The third-order valence-corrected chi connectivity index (χ3v) is 7.17. The number of rotatable bonds is 8. The van der Waals surface area contributed by atoms with Gasteiger partial charge in [-0.1, -0.05) is 18.5 Å². The third kappa shape index (κ3) is 5.73. The van der Waals surface area contributed by atoms with E-state index in [4.69, 9.17) is 16.0 Å². The number of halogens is 4. The minimum atomic E-state index is -1.11. The van der Waals surface area contributed by atoms with Crippen molar-refractivity contribution >= 4 is 40.8 Å². The van der Waals surface area contributed by atoms with E-state index in [2.05, 4.69) is 20.6 Å². The number of nitrogens with zero attached hydrogens (tertiary/aromatic N) is 4. The Kier molecular flexibility index (Phi) is 8.03. The van der Waals surface area contributed by atoms with Gasteiger partial charge in [-0.15, -0.1) is 0 Å². The van der Waals surface area contributed by atoms with Crippen molar-refractivity contribution in [1.82, 2.24) is 19.9 Å². The number of imidazole rings is 1. The van der Waals surface area contributed by atoms with Gasteiger partial charge in [0.15, 0.2) is 23.8 Å². The summed E-state index contributed by atoms with van der Waals surface area (Å²) < 4.78 is 48.3. The molecule has 4 aromatic rings. The molecule has 0 saturated heterocycles. The molecule has 0 unspecified atom stereocenters. The van der Waals surface area contributed by atoms with Gasteiger partial charge >= 0.3 is 6.03 Å². The lowest BCUT2D eigenvalue weighted by molar-refractivity contribution is -0.117. The Balaban J connectivity index is 1.57. The Hall–Kier alpha value is -4.65. The average Bonchev–Trinajstić information content (AvgIpc) is 3.68. The van der Waals surface area contributed by atoms with Crippen LogP contribution in [0.4, 0.5) is 29.5 Å². The first-order valence-corrected chi connectivity index (χ1v) is 13.2. The highest BCUT2D eigenvalue weighted by atomic mass is 35.5. The molecular formula is C28H24ClF3N6O4. The molecule has 14 heteroatoms. The lowest BCUT2D eigenvalue weighted by Gasteiger charge is -2.21. The van der Waals surface area contributed by atoms with Gasteiger partial charge in [-0.3, -0.25) is 19.8 Å². The summed E-state index contributed by atoms with van der Waals surface area (Å²) in [4.78, 5) is 48.7. The summed E-state index contributed by atoms with van der Waals surface area (Å²) in [5.74, 6) is -4.82. The largest absolute Gasteiger partial charge is 0.451 e. The van der Waals surface area contributed by atoms with Crippen LogP contribution in [0.1, 0.15) is 52.9 Å². The van der Waals surface area contributed by atoms with Gasteiger partial charge in [-0.25, -0.2) is 27.9 Å².